The van der Waals surface area contributed by atoms with E-state index < -0.39 is 0 Å². The summed E-state index contributed by atoms with van der Waals surface area (Å²) in [5.74, 6) is 0. The Bertz CT molecular complexity index is 865. The van der Waals surface area contributed by atoms with Crippen molar-refractivity contribution in [3.63, 3.8) is 0 Å². The highest BCUT2D eigenvalue weighted by Gasteiger charge is 2.67. The molecule has 3 rings (SSSR count). The summed E-state index contributed by atoms with van der Waals surface area (Å²) in [7, 11) is 0. The number of hydrogen-bond acceptors (Lipinski definition) is 1. The van der Waals surface area contributed by atoms with Gasteiger partial charge in [0.1, 0.15) is 0 Å². The first-order chi connectivity index (χ1) is 11.2. The molecule has 0 radical (unpaired) electrons. The van der Waals surface area contributed by atoms with Crippen molar-refractivity contribution in [2.75, 3.05) is 0 Å². The maximum absolute atomic E-state index is 4.73. The molecule has 1 nitrogen and oxygen atoms in total. The zero-order valence-corrected chi connectivity index (χ0v) is 15.5. The zero-order chi connectivity index (χ0) is 17.8. The summed E-state index contributed by atoms with van der Waals surface area (Å²) < 4.78 is 0. The van der Waals surface area contributed by atoms with E-state index in [1.165, 1.54) is 27.5 Å². The van der Waals surface area contributed by atoms with Crippen LogP contribution in [-0.4, -0.2) is 11.8 Å². The Morgan fingerprint density at radius 2 is 1.62 bits per heavy atom. The van der Waals surface area contributed by atoms with Gasteiger partial charge in [0.15, 0.2) is 0 Å². The van der Waals surface area contributed by atoms with Crippen LogP contribution in [0.3, 0.4) is 0 Å². The predicted molar refractivity (Wildman–Crippen MR) is 106 cm³/mol. The molecule has 1 heteroatoms. The van der Waals surface area contributed by atoms with E-state index in [4.69, 9.17) is 4.99 Å². The minimum absolute atomic E-state index is 0.115. The minimum Gasteiger partial charge on any atom is -0.281 e. The molecule has 0 aliphatic heterocycles. The molecule has 0 N–H and O–H groups in total. The van der Waals surface area contributed by atoms with Gasteiger partial charge < -0.3 is 0 Å². The average molecular weight is 317 g/mol. The van der Waals surface area contributed by atoms with Gasteiger partial charge in [0, 0.05) is 11.6 Å². The van der Waals surface area contributed by atoms with Crippen LogP contribution in [0.4, 0.5) is 0 Å². The predicted octanol–water partition coefficient (Wildman–Crippen LogP) is 5.98. The summed E-state index contributed by atoms with van der Waals surface area (Å²) in [6.45, 7) is 19.3. The SMILES string of the molecule is C=C/C=N/C1(C)C(=C)C1(C)c1ccc(C(C)(C)C)c2ccccc12. The van der Waals surface area contributed by atoms with Crippen molar-refractivity contribution in [3.05, 3.63) is 72.3 Å². The monoisotopic (exact) mass is 317 g/mol. The second-order valence-corrected chi connectivity index (χ2v) is 8.15. The maximum Gasteiger partial charge on any atom is 0.0927 e. The average Bonchev–Trinajstić information content (AvgIpc) is 2.98. The van der Waals surface area contributed by atoms with Gasteiger partial charge in [-0.25, -0.2) is 0 Å². The molecule has 1 aliphatic rings. The van der Waals surface area contributed by atoms with Crippen LogP contribution in [-0.2, 0) is 10.8 Å². The van der Waals surface area contributed by atoms with Gasteiger partial charge in [0.2, 0.25) is 0 Å². The van der Waals surface area contributed by atoms with Gasteiger partial charge in [-0.2, -0.15) is 0 Å². The van der Waals surface area contributed by atoms with Crippen LogP contribution in [0.1, 0.15) is 45.7 Å². The number of allylic oxidation sites excluding steroid dienone is 1. The highest BCUT2D eigenvalue weighted by molar-refractivity contribution is 5.93. The van der Waals surface area contributed by atoms with Crippen molar-refractivity contribution in [2.45, 2.75) is 51.0 Å². The number of nitrogens with zero attached hydrogens (tertiary/aromatic N) is 1. The highest BCUT2D eigenvalue weighted by atomic mass is 15.0. The molecule has 0 saturated heterocycles. The van der Waals surface area contributed by atoms with Crippen LogP contribution >= 0.6 is 0 Å². The van der Waals surface area contributed by atoms with Crippen molar-refractivity contribution in [1.29, 1.82) is 0 Å². The zero-order valence-electron chi connectivity index (χ0n) is 15.5. The maximum atomic E-state index is 4.73. The Kier molecular flexibility index (Phi) is 3.60. The van der Waals surface area contributed by atoms with E-state index in [2.05, 4.69) is 84.2 Å². The number of hydrogen-bond donors (Lipinski definition) is 0. The third-order valence-electron chi connectivity index (χ3n) is 5.81. The number of fused-ring (bicyclic) bond motifs is 1. The van der Waals surface area contributed by atoms with Crippen LogP contribution in [0.25, 0.3) is 10.8 Å². The molecule has 0 bridgehead atoms. The lowest BCUT2D eigenvalue weighted by Gasteiger charge is -2.25. The Hall–Kier alpha value is -2.15. The smallest absolute Gasteiger partial charge is 0.0927 e. The van der Waals surface area contributed by atoms with Crippen LogP contribution in [0.15, 0.2) is 66.2 Å². The standard InChI is InChI=1S/C23H27N/c1-8-15-24-23(7)16(2)22(23,6)20-14-13-19(21(3,4)5)17-11-9-10-12-18(17)20/h8-15H,1-2H2,3-7H3/b24-15+. The fraction of sp³-hybridized carbons (Fsp3) is 0.348. The summed E-state index contributed by atoms with van der Waals surface area (Å²) >= 11 is 0. The Morgan fingerprint density at radius 1 is 1.00 bits per heavy atom. The molecular formula is C23H27N. The summed E-state index contributed by atoms with van der Waals surface area (Å²) in [5.41, 5.74) is 3.59. The Morgan fingerprint density at radius 3 is 2.21 bits per heavy atom. The van der Waals surface area contributed by atoms with Gasteiger partial charge in [-0.05, 0) is 46.7 Å². The van der Waals surface area contributed by atoms with Gasteiger partial charge in [-0.1, -0.05) is 76.4 Å². The Labute approximate surface area is 145 Å². The molecule has 24 heavy (non-hydrogen) atoms. The van der Waals surface area contributed by atoms with Gasteiger partial charge in [-0.15, -0.1) is 0 Å². The fourth-order valence-corrected chi connectivity index (χ4v) is 3.98. The van der Waals surface area contributed by atoms with Gasteiger partial charge >= 0.3 is 0 Å². The minimum atomic E-state index is -0.257. The number of aliphatic imine (C=N–C) groups is 1. The molecular weight excluding hydrogens is 290 g/mol. The van der Waals surface area contributed by atoms with Gasteiger partial charge in [0.25, 0.3) is 0 Å². The Balaban J connectivity index is 2.25. The van der Waals surface area contributed by atoms with E-state index in [9.17, 15) is 0 Å². The molecule has 0 spiro atoms. The molecule has 2 aromatic rings. The lowest BCUT2D eigenvalue weighted by Crippen LogP contribution is -2.18. The molecule has 2 aromatic carbocycles. The van der Waals surface area contributed by atoms with Crippen molar-refractivity contribution < 1.29 is 0 Å². The van der Waals surface area contributed by atoms with Crippen molar-refractivity contribution in [1.82, 2.24) is 0 Å². The van der Waals surface area contributed by atoms with Crippen molar-refractivity contribution in [2.24, 2.45) is 4.99 Å². The van der Waals surface area contributed by atoms with E-state index in [0.717, 1.165) is 0 Å². The topological polar surface area (TPSA) is 12.4 Å². The molecule has 1 saturated carbocycles. The lowest BCUT2D eigenvalue weighted by molar-refractivity contribution is 0.593. The first-order valence-electron chi connectivity index (χ1n) is 8.56. The molecule has 0 amide bonds. The third kappa shape index (κ3) is 2.11. The van der Waals surface area contributed by atoms with Crippen LogP contribution in [0, 0.1) is 0 Å². The largest absolute Gasteiger partial charge is 0.281 e. The summed E-state index contributed by atoms with van der Waals surface area (Å²) in [4.78, 5) is 4.73. The van der Waals surface area contributed by atoms with Crippen molar-refractivity contribution in [3.8, 4) is 0 Å². The molecule has 1 fully saturated rings. The fourth-order valence-electron chi connectivity index (χ4n) is 3.98. The van der Waals surface area contributed by atoms with Gasteiger partial charge in [0.05, 0.1) is 5.54 Å². The van der Waals surface area contributed by atoms with Crippen LogP contribution in [0.5, 0.6) is 0 Å². The molecule has 0 heterocycles. The summed E-state index contributed by atoms with van der Waals surface area (Å²) in [6.07, 6.45) is 3.53. The highest BCUT2D eigenvalue weighted by Crippen LogP contribution is 2.65. The lowest BCUT2D eigenvalue weighted by atomic mass is 9.80. The third-order valence-corrected chi connectivity index (χ3v) is 5.81. The van der Waals surface area contributed by atoms with E-state index >= 15 is 0 Å². The van der Waals surface area contributed by atoms with Crippen molar-refractivity contribution >= 4 is 17.0 Å². The number of benzene rings is 2. The van der Waals surface area contributed by atoms with E-state index in [1.54, 1.807) is 12.3 Å². The first-order valence-corrected chi connectivity index (χ1v) is 8.56. The number of rotatable bonds is 3. The van der Waals surface area contributed by atoms with E-state index in [0.29, 0.717) is 0 Å². The molecule has 0 aromatic heterocycles. The summed E-state index contributed by atoms with van der Waals surface area (Å²) in [5, 5.41) is 2.64. The molecule has 1 aliphatic carbocycles. The first kappa shape index (κ1) is 16.7. The normalized spacial score (nSPS) is 27.0. The van der Waals surface area contributed by atoms with E-state index in [-0.39, 0.29) is 16.4 Å². The summed E-state index contributed by atoms with van der Waals surface area (Å²) in [6, 6.07) is 13.3. The quantitative estimate of drug-likeness (QED) is 0.488. The molecule has 2 atom stereocenters. The van der Waals surface area contributed by atoms with Crippen LogP contribution < -0.4 is 0 Å². The second-order valence-electron chi connectivity index (χ2n) is 8.15. The molecule has 124 valence electrons. The van der Waals surface area contributed by atoms with Gasteiger partial charge in [-0.3, -0.25) is 4.99 Å². The second kappa shape index (κ2) is 5.17. The molecule has 2 unspecified atom stereocenters. The van der Waals surface area contributed by atoms with Crippen LogP contribution in [0.2, 0.25) is 0 Å². The van der Waals surface area contributed by atoms with E-state index in [1.807, 2.05) is 0 Å².